The van der Waals surface area contributed by atoms with Gasteiger partial charge in [-0.2, -0.15) is 0 Å². The molecule has 1 saturated heterocycles. The van der Waals surface area contributed by atoms with E-state index in [-0.39, 0.29) is 0 Å². The van der Waals surface area contributed by atoms with Gasteiger partial charge in [-0.3, -0.25) is 0 Å². The molecule has 2 N–H and O–H groups in total. The van der Waals surface area contributed by atoms with E-state index < -0.39 is 0 Å². The molecule has 1 aliphatic heterocycles. The molecular formula is C26H29N5O2. The molecule has 0 spiro atoms. The Balaban J connectivity index is 1.31. The second-order valence-electron chi connectivity index (χ2n) is 8.28. The van der Waals surface area contributed by atoms with Crippen molar-refractivity contribution < 1.29 is 9.47 Å². The molecule has 3 heterocycles. The van der Waals surface area contributed by atoms with Crippen molar-refractivity contribution >= 4 is 16.9 Å². The van der Waals surface area contributed by atoms with Crippen molar-refractivity contribution in [2.24, 2.45) is 0 Å². The van der Waals surface area contributed by atoms with Gasteiger partial charge < -0.3 is 24.7 Å². The summed E-state index contributed by atoms with van der Waals surface area (Å²) in [5.74, 6) is 1.59. The van der Waals surface area contributed by atoms with Gasteiger partial charge in [-0.05, 0) is 54.3 Å². The molecule has 33 heavy (non-hydrogen) atoms. The first kappa shape index (κ1) is 21.3. The lowest BCUT2D eigenvalue weighted by molar-refractivity contribution is 0.393. The van der Waals surface area contributed by atoms with Crippen LogP contribution in [0, 0.1) is 0 Å². The van der Waals surface area contributed by atoms with Crippen molar-refractivity contribution in [3.05, 3.63) is 66.0 Å². The summed E-state index contributed by atoms with van der Waals surface area (Å²) in [7, 11) is 3.33. The molecule has 5 rings (SSSR count). The van der Waals surface area contributed by atoms with E-state index in [9.17, 15) is 0 Å². The summed E-state index contributed by atoms with van der Waals surface area (Å²) in [4.78, 5) is 15.3. The quantitative estimate of drug-likeness (QED) is 0.452. The Morgan fingerprint density at radius 2 is 1.64 bits per heavy atom. The number of aromatic amines is 1. The highest BCUT2D eigenvalue weighted by Gasteiger charge is 2.12. The summed E-state index contributed by atoms with van der Waals surface area (Å²) >= 11 is 0. The molecule has 170 valence electrons. The van der Waals surface area contributed by atoms with Crippen molar-refractivity contribution in [2.45, 2.75) is 12.8 Å². The van der Waals surface area contributed by atoms with Gasteiger partial charge >= 0.3 is 0 Å². The smallest absolute Gasteiger partial charge is 0.156 e. The van der Waals surface area contributed by atoms with Gasteiger partial charge in [0.15, 0.2) is 5.65 Å². The largest absolute Gasteiger partial charge is 0.497 e. The van der Waals surface area contributed by atoms with Crippen LogP contribution in [0.15, 0.2) is 54.7 Å². The third-order valence-corrected chi connectivity index (χ3v) is 6.12. The van der Waals surface area contributed by atoms with Crippen molar-refractivity contribution in [3.8, 4) is 22.8 Å². The maximum atomic E-state index is 5.38. The molecule has 0 atom stereocenters. The van der Waals surface area contributed by atoms with Crippen LogP contribution < -0.4 is 19.7 Å². The molecule has 2 aromatic heterocycles. The zero-order valence-corrected chi connectivity index (χ0v) is 19.1. The van der Waals surface area contributed by atoms with Crippen LogP contribution >= 0.6 is 0 Å². The van der Waals surface area contributed by atoms with Crippen molar-refractivity contribution in [1.29, 1.82) is 0 Å². The number of fused-ring (bicyclic) bond motifs is 1. The highest BCUT2D eigenvalue weighted by molar-refractivity contribution is 5.80. The normalized spacial score (nSPS) is 13.9. The second-order valence-corrected chi connectivity index (χ2v) is 8.28. The predicted octanol–water partition coefficient (Wildman–Crippen LogP) is 3.84. The van der Waals surface area contributed by atoms with Crippen LogP contribution in [0.5, 0.6) is 11.5 Å². The Bertz CT molecular complexity index is 1210. The first-order valence-corrected chi connectivity index (χ1v) is 11.3. The van der Waals surface area contributed by atoms with E-state index in [2.05, 4.69) is 50.5 Å². The van der Waals surface area contributed by atoms with Crippen molar-refractivity contribution in [3.63, 3.8) is 0 Å². The van der Waals surface area contributed by atoms with Gasteiger partial charge in [-0.15, -0.1) is 0 Å². The fourth-order valence-electron chi connectivity index (χ4n) is 4.27. The van der Waals surface area contributed by atoms with Crippen LogP contribution in [0.2, 0.25) is 0 Å². The van der Waals surface area contributed by atoms with E-state index in [1.54, 1.807) is 14.2 Å². The van der Waals surface area contributed by atoms with Gasteiger partial charge in [-0.1, -0.05) is 12.1 Å². The Hall–Kier alpha value is -3.58. The molecule has 1 fully saturated rings. The van der Waals surface area contributed by atoms with E-state index >= 15 is 0 Å². The topological polar surface area (TPSA) is 75.3 Å². The maximum absolute atomic E-state index is 5.38. The van der Waals surface area contributed by atoms with Crippen molar-refractivity contribution in [2.75, 3.05) is 45.3 Å². The third-order valence-electron chi connectivity index (χ3n) is 6.12. The number of nitrogens with one attached hydrogen (secondary N) is 2. The van der Waals surface area contributed by atoms with Crippen LogP contribution in [0.1, 0.15) is 11.3 Å². The van der Waals surface area contributed by atoms with Crippen LogP contribution in [-0.4, -0.2) is 55.4 Å². The average molecular weight is 444 g/mol. The molecule has 0 saturated carbocycles. The van der Waals surface area contributed by atoms with Gasteiger partial charge in [0.1, 0.15) is 17.0 Å². The van der Waals surface area contributed by atoms with E-state index in [1.807, 2.05) is 24.4 Å². The molecule has 7 heteroatoms. The molecule has 2 aromatic carbocycles. The lowest BCUT2D eigenvalue weighted by Gasteiger charge is -2.29. The van der Waals surface area contributed by atoms with Crippen molar-refractivity contribution in [1.82, 2.24) is 20.3 Å². The summed E-state index contributed by atoms with van der Waals surface area (Å²) in [5, 5.41) is 3.40. The minimum absolute atomic E-state index is 0.791. The minimum Gasteiger partial charge on any atom is -0.497 e. The first-order valence-electron chi connectivity index (χ1n) is 11.3. The number of H-pyrrole nitrogens is 1. The van der Waals surface area contributed by atoms with E-state index in [0.717, 1.165) is 84.2 Å². The van der Waals surface area contributed by atoms with Crippen LogP contribution in [-0.2, 0) is 12.8 Å². The second kappa shape index (κ2) is 9.50. The van der Waals surface area contributed by atoms with E-state index in [4.69, 9.17) is 14.5 Å². The number of ether oxygens (including phenoxy) is 2. The predicted molar refractivity (Wildman–Crippen MR) is 131 cm³/mol. The van der Waals surface area contributed by atoms with Crippen LogP contribution in [0.3, 0.4) is 0 Å². The third kappa shape index (κ3) is 4.78. The number of hydrogen-bond acceptors (Lipinski definition) is 6. The molecule has 0 aliphatic carbocycles. The van der Waals surface area contributed by atoms with Crippen LogP contribution in [0.25, 0.3) is 22.4 Å². The Morgan fingerprint density at radius 1 is 0.909 bits per heavy atom. The number of aromatic nitrogens is 3. The number of aryl methyl sites for hydroxylation is 2. The number of nitrogens with zero attached hydrogens (tertiary/aromatic N) is 3. The fraction of sp³-hybridized carbons (Fsp3) is 0.308. The lowest BCUT2D eigenvalue weighted by Crippen LogP contribution is -2.43. The van der Waals surface area contributed by atoms with Gasteiger partial charge in [0.25, 0.3) is 0 Å². The number of methoxy groups -OCH3 is 2. The van der Waals surface area contributed by atoms with Gasteiger partial charge in [0, 0.05) is 43.6 Å². The zero-order valence-electron chi connectivity index (χ0n) is 19.1. The van der Waals surface area contributed by atoms with Gasteiger partial charge in [0.05, 0.1) is 26.1 Å². The Labute approximate surface area is 193 Å². The number of hydrogen-bond donors (Lipinski definition) is 2. The standard InChI is InChI=1S/C26H29N5O2/c1-32-22-13-18(14-23(15-22)33-2)3-6-20-17-28-26-25(29-20)16-24(30-26)19-4-7-21(8-5-19)31-11-9-27-10-12-31/h4-5,7-8,13-17,27H,3,6,9-12H2,1-2H3,(H,28,30). The average Bonchev–Trinajstić information content (AvgIpc) is 3.31. The first-order chi connectivity index (χ1) is 16.2. The molecule has 1 aliphatic rings. The molecule has 0 unspecified atom stereocenters. The van der Waals surface area contributed by atoms with Crippen LogP contribution in [0.4, 0.5) is 5.69 Å². The highest BCUT2D eigenvalue weighted by atomic mass is 16.5. The fourth-order valence-corrected chi connectivity index (χ4v) is 4.27. The lowest BCUT2D eigenvalue weighted by atomic mass is 10.1. The number of rotatable bonds is 7. The summed E-state index contributed by atoms with van der Waals surface area (Å²) in [6.07, 6.45) is 3.48. The minimum atomic E-state index is 0.791. The van der Waals surface area contributed by atoms with E-state index in [0.29, 0.717) is 0 Å². The molecule has 7 nitrogen and oxygen atoms in total. The molecule has 0 amide bonds. The summed E-state index contributed by atoms with van der Waals surface area (Å²) < 4.78 is 10.8. The molecular weight excluding hydrogens is 414 g/mol. The Morgan fingerprint density at radius 3 is 2.33 bits per heavy atom. The summed E-state index contributed by atoms with van der Waals surface area (Å²) in [5.41, 5.74) is 7.24. The van der Waals surface area contributed by atoms with Gasteiger partial charge in [0.2, 0.25) is 0 Å². The highest BCUT2D eigenvalue weighted by Crippen LogP contribution is 2.26. The summed E-state index contributed by atoms with van der Waals surface area (Å²) in [6.45, 7) is 4.17. The number of piperazine rings is 1. The summed E-state index contributed by atoms with van der Waals surface area (Å²) in [6, 6.07) is 16.8. The molecule has 4 aromatic rings. The van der Waals surface area contributed by atoms with E-state index in [1.165, 1.54) is 5.69 Å². The molecule has 0 bridgehead atoms. The number of anilines is 1. The zero-order chi connectivity index (χ0) is 22.6. The monoisotopic (exact) mass is 443 g/mol. The maximum Gasteiger partial charge on any atom is 0.156 e. The number of benzene rings is 2. The van der Waals surface area contributed by atoms with Gasteiger partial charge in [-0.25, -0.2) is 9.97 Å². The molecule has 0 radical (unpaired) electrons. The Kier molecular flexibility index (Phi) is 6.13. The SMILES string of the molecule is COc1cc(CCc2cnc3[nH]c(-c4ccc(N5CCNCC5)cc4)cc3n2)cc(OC)c1.